The summed E-state index contributed by atoms with van der Waals surface area (Å²) in [5.41, 5.74) is 3.50. The molecule has 146 valence electrons. The van der Waals surface area contributed by atoms with Crippen LogP contribution in [0.4, 0.5) is 0 Å². The van der Waals surface area contributed by atoms with Crippen LogP contribution in [0.5, 0.6) is 23.0 Å². The second-order valence-corrected chi connectivity index (χ2v) is 6.89. The van der Waals surface area contributed by atoms with E-state index in [1.54, 1.807) is 26.4 Å². The molecule has 2 aliphatic rings. The Kier molecular flexibility index (Phi) is 4.96. The van der Waals surface area contributed by atoms with Gasteiger partial charge in [0.1, 0.15) is 5.75 Å². The second kappa shape index (κ2) is 7.56. The van der Waals surface area contributed by atoms with Crippen molar-refractivity contribution in [1.29, 1.82) is 0 Å². The molecule has 0 spiro atoms. The van der Waals surface area contributed by atoms with Crippen LogP contribution in [0.15, 0.2) is 30.3 Å². The molecule has 0 atom stereocenters. The largest absolute Gasteiger partial charge is 0.497 e. The van der Waals surface area contributed by atoms with Crippen molar-refractivity contribution in [3.63, 3.8) is 0 Å². The number of carbonyl (C=O) groups excluding carboxylic acids is 1. The van der Waals surface area contributed by atoms with Gasteiger partial charge in [0.05, 0.1) is 19.8 Å². The topological polar surface area (TPSA) is 57.2 Å². The van der Waals surface area contributed by atoms with E-state index in [-0.39, 0.29) is 12.6 Å². The molecule has 4 rings (SSSR count). The van der Waals surface area contributed by atoms with E-state index in [9.17, 15) is 4.79 Å². The Morgan fingerprint density at radius 3 is 2.54 bits per heavy atom. The van der Waals surface area contributed by atoms with Crippen LogP contribution in [0.2, 0.25) is 0 Å². The molecular formula is C22H23NO5. The van der Waals surface area contributed by atoms with Gasteiger partial charge in [-0.25, -0.2) is 0 Å². The Balaban J connectivity index is 1.74. The lowest BCUT2D eigenvalue weighted by Gasteiger charge is -2.28. The summed E-state index contributed by atoms with van der Waals surface area (Å²) in [6.45, 7) is 1.67. The molecule has 0 unspecified atom stereocenters. The number of ketones is 1. The average molecular weight is 381 g/mol. The number of rotatable bonds is 5. The molecule has 0 amide bonds. The molecule has 2 heterocycles. The lowest BCUT2D eigenvalue weighted by molar-refractivity contribution is 0.104. The molecular weight excluding hydrogens is 358 g/mol. The van der Waals surface area contributed by atoms with Gasteiger partial charge in [0.2, 0.25) is 12.5 Å². The smallest absolute Gasteiger partial charge is 0.231 e. The number of ether oxygens (including phenoxy) is 4. The summed E-state index contributed by atoms with van der Waals surface area (Å²) in [6.07, 6.45) is 4.15. The van der Waals surface area contributed by atoms with Crippen molar-refractivity contribution in [2.24, 2.45) is 0 Å². The van der Waals surface area contributed by atoms with E-state index >= 15 is 0 Å². The lowest BCUT2D eigenvalue weighted by atomic mass is 9.90. The van der Waals surface area contributed by atoms with E-state index in [0.717, 1.165) is 35.4 Å². The minimum atomic E-state index is -0.0963. The predicted molar refractivity (Wildman–Crippen MR) is 106 cm³/mol. The Labute approximate surface area is 164 Å². The van der Waals surface area contributed by atoms with Gasteiger partial charge in [-0.2, -0.15) is 0 Å². The number of nitrogens with zero attached hydrogens (tertiary/aromatic N) is 1. The fraction of sp³-hybridized carbons (Fsp3) is 0.318. The standard InChI is InChI=1S/C22H23NO5/c1-23-11-10-16-17(12-23)20(26-3)22-21(27-13-28-22)19(16)18(24)9-6-14-4-7-15(25-2)8-5-14/h4-9H,10-13H2,1-3H3/b9-6+. The molecule has 28 heavy (non-hydrogen) atoms. The molecule has 2 aromatic carbocycles. The number of likely N-dealkylation sites (N-methyl/N-ethyl adjacent to an activating group) is 1. The summed E-state index contributed by atoms with van der Waals surface area (Å²) in [5, 5.41) is 0. The minimum Gasteiger partial charge on any atom is -0.497 e. The first kappa shape index (κ1) is 18.4. The molecule has 0 bridgehead atoms. The SMILES string of the molecule is COc1ccc(/C=C/C(=O)c2c3c(c(OC)c4c2OCO4)CN(C)CC3)cc1. The fourth-order valence-electron chi connectivity index (χ4n) is 3.74. The van der Waals surface area contributed by atoms with Crippen LogP contribution in [-0.2, 0) is 13.0 Å². The molecule has 0 fully saturated rings. The molecule has 0 radical (unpaired) electrons. The number of methoxy groups -OCH3 is 2. The van der Waals surface area contributed by atoms with Crippen LogP contribution < -0.4 is 18.9 Å². The van der Waals surface area contributed by atoms with Crippen molar-refractivity contribution in [2.75, 3.05) is 34.6 Å². The van der Waals surface area contributed by atoms with Gasteiger partial charge in [-0.1, -0.05) is 18.2 Å². The molecule has 2 aromatic rings. The third-order valence-electron chi connectivity index (χ3n) is 5.15. The van der Waals surface area contributed by atoms with Crippen molar-refractivity contribution in [3.05, 3.63) is 52.6 Å². The van der Waals surface area contributed by atoms with Gasteiger partial charge < -0.3 is 23.8 Å². The Morgan fingerprint density at radius 1 is 1.07 bits per heavy atom. The van der Waals surface area contributed by atoms with Gasteiger partial charge in [0.15, 0.2) is 17.3 Å². The van der Waals surface area contributed by atoms with Crippen LogP contribution in [0.3, 0.4) is 0 Å². The van der Waals surface area contributed by atoms with Gasteiger partial charge in [-0.3, -0.25) is 4.79 Å². The summed E-state index contributed by atoms with van der Waals surface area (Å²) in [5.74, 6) is 2.37. The van der Waals surface area contributed by atoms with Crippen LogP contribution in [0.25, 0.3) is 6.08 Å². The average Bonchev–Trinajstić information content (AvgIpc) is 3.19. The highest BCUT2D eigenvalue weighted by molar-refractivity contribution is 6.11. The van der Waals surface area contributed by atoms with Crippen molar-refractivity contribution in [1.82, 2.24) is 4.90 Å². The minimum absolute atomic E-state index is 0.0902. The van der Waals surface area contributed by atoms with Gasteiger partial charge in [0, 0.05) is 18.7 Å². The first-order valence-electron chi connectivity index (χ1n) is 9.18. The zero-order valence-corrected chi connectivity index (χ0v) is 16.3. The van der Waals surface area contributed by atoms with E-state index in [1.165, 1.54) is 0 Å². The van der Waals surface area contributed by atoms with Gasteiger partial charge in [0.25, 0.3) is 0 Å². The summed E-state index contributed by atoms with van der Waals surface area (Å²) in [4.78, 5) is 15.4. The molecule has 0 aromatic heterocycles. The second-order valence-electron chi connectivity index (χ2n) is 6.89. The molecule has 6 nitrogen and oxygen atoms in total. The Morgan fingerprint density at radius 2 is 1.82 bits per heavy atom. The van der Waals surface area contributed by atoms with Crippen LogP contribution in [-0.4, -0.2) is 45.3 Å². The van der Waals surface area contributed by atoms with Crippen molar-refractivity contribution in [2.45, 2.75) is 13.0 Å². The highest BCUT2D eigenvalue weighted by Crippen LogP contribution is 2.49. The highest BCUT2D eigenvalue weighted by atomic mass is 16.7. The monoisotopic (exact) mass is 381 g/mol. The van der Waals surface area contributed by atoms with E-state index in [4.69, 9.17) is 18.9 Å². The molecule has 6 heteroatoms. The Bertz CT molecular complexity index is 933. The maximum absolute atomic E-state index is 13.2. The highest BCUT2D eigenvalue weighted by Gasteiger charge is 2.34. The first-order chi connectivity index (χ1) is 13.6. The number of benzene rings is 2. The zero-order chi connectivity index (χ0) is 19.7. The number of hydrogen-bond donors (Lipinski definition) is 0. The predicted octanol–water partition coefficient (Wildman–Crippen LogP) is 3.32. The van der Waals surface area contributed by atoms with Crippen molar-refractivity contribution >= 4 is 11.9 Å². The normalized spacial score (nSPS) is 15.5. The molecule has 0 saturated carbocycles. The Hall–Kier alpha value is -2.99. The van der Waals surface area contributed by atoms with Crippen LogP contribution in [0, 0.1) is 0 Å². The number of allylic oxidation sites excluding steroid dienone is 1. The van der Waals surface area contributed by atoms with E-state index in [0.29, 0.717) is 29.4 Å². The van der Waals surface area contributed by atoms with Gasteiger partial charge in [-0.05, 0) is 42.8 Å². The van der Waals surface area contributed by atoms with Gasteiger partial charge in [-0.15, -0.1) is 0 Å². The number of fused-ring (bicyclic) bond motifs is 2. The van der Waals surface area contributed by atoms with Crippen LogP contribution >= 0.6 is 0 Å². The molecule has 2 aliphatic heterocycles. The van der Waals surface area contributed by atoms with Gasteiger partial charge >= 0.3 is 0 Å². The summed E-state index contributed by atoms with van der Waals surface area (Å²) in [6, 6.07) is 7.55. The third kappa shape index (κ3) is 3.20. The lowest BCUT2D eigenvalue weighted by Crippen LogP contribution is -2.28. The van der Waals surface area contributed by atoms with Crippen molar-refractivity contribution < 1.29 is 23.7 Å². The zero-order valence-electron chi connectivity index (χ0n) is 16.3. The molecule has 0 saturated heterocycles. The summed E-state index contributed by atoms with van der Waals surface area (Å²) in [7, 11) is 5.30. The summed E-state index contributed by atoms with van der Waals surface area (Å²) < 4.78 is 22.1. The quantitative estimate of drug-likeness (QED) is 0.585. The number of carbonyl (C=O) groups is 1. The van der Waals surface area contributed by atoms with E-state index < -0.39 is 0 Å². The maximum Gasteiger partial charge on any atom is 0.231 e. The fourth-order valence-corrected chi connectivity index (χ4v) is 3.74. The number of hydrogen-bond acceptors (Lipinski definition) is 6. The van der Waals surface area contributed by atoms with E-state index in [1.807, 2.05) is 24.3 Å². The maximum atomic E-state index is 13.2. The third-order valence-corrected chi connectivity index (χ3v) is 5.15. The van der Waals surface area contributed by atoms with Crippen molar-refractivity contribution in [3.8, 4) is 23.0 Å². The summed E-state index contributed by atoms with van der Waals surface area (Å²) >= 11 is 0. The van der Waals surface area contributed by atoms with Crippen LogP contribution in [0.1, 0.15) is 27.0 Å². The molecule has 0 N–H and O–H groups in total. The molecule has 0 aliphatic carbocycles. The first-order valence-corrected chi connectivity index (χ1v) is 9.18. The van der Waals surface area contributed by atoms with E-state index in [2.05, 4.69) is 11.9 Å².